The summed E-state index contributed by atoms with van der Waals surface area (Å²) in [7, 11) is 0. The molecule has 0 fully saturated rings. The maximum Gasteiger partial charge on any atom is 0.00561 e. The highest BCUT2D eigenvalue weighted by Gasteiger charge is 2.20. The van der Waals surface area contributed by atoms with E-state index in [1.165, 1.54) is 66.1 Å². The van der Waals surface area contributed by atoms with Gasteiger partial charge < -0.3 is 0 Å². The molecule has 6 aromatic carbocycles. The molecule has 0 amide bonds. The van der Waals surface area contributed by atoms with Crippen LogP contribution in [0.25, 0.3) is 60.5 Å². The highest BCUT2D eigenvalue weighted by Crippen LogP contribution is 2.46. The molecule has 1 aliphatic carbocycles. The molecular weight excluding hydrogens is 553 g/mol. The monoisotopic (exact) mass is 590 g/mol. The van der Waals surface area contributed by atoms with Gasteiger partial charge in [-0.05, 0) is 104 Å². The fourth-order valence-electron chi connectivity index (χ4n) is 6.80. The Labute approximate surface area is 273 Å². The third-order valence-corrected chi connectivity index (χ3v) is 9.22. The van der Waals surface area contributed by atoms with E-state index in [0.29, 0.717) is 5.92 Å². The number of hydrogen-bond donors (Lipinski definition) is 0. The second kappa shape index (κ2) is 12.9. The first-order valence-corrected chi connectivity index (χ1v) is 16.2. The highest BCUT2D eigenvalue weighted by molar-refractivity contribution is 6.22. The van der Waals surface area contributed by atoms with Gasteiger partial charge in [-0.2, -0.15) is 0 Å². The zero-order chi connectivity index (χ0) is 31.5. The van der Waals surface area contributed by atoms with Crippen LogP contribution in [-0.2, 0) is 0 Å². The Morgan fingerprint density at radius 3 is 1.87 bits per heavy atom. The van der Waals surface area contributed by atoms with Crippen LogP contribution in [0.3, 0.4) is 0 Å². The van der Waals surface area contributed by atoms with Crippen molar-refractivity contribution in [3.63, 3.8) is 0 Å². The molecule has 46 heavy (non-hydrogen) atoms. The molecule has 0 aromatic heterocycles. The molecule has 1 aliphatic rings. The summed E-state index contributed by atoms with van der Waals surface area (Å²) < 4.78 is 0. The van der Waals surface area contributed by atoms with Crippen LogP contribution in [0.2, 0.25) is 0 Å². The number of benzene rings is 6. The van der Waals surface area contributed by atoms with Crippen molar-refractivity contribution >= 4 is 27.1 Å². The van der Waals surface area contributed by atoms with Crippen LogP contribution in [0.1, 0.15) is 37.3 Å². The SMILES string of the molecule is C=CC(=CC=CC)c1ccc2c(-c3ccc(-c4ccccc4)cc3)c3cc(C4C=CC(C)=CC4)ccc3c(-c3ccccc3)c2c1. The summed E-state index contributed by atoms with van der Waals surface area (Å²) in [5, 5.41) is 5.06. The van der Waals surface area contributed by atoms with Gasteiger partial charge in [0, 0.05) is 5.92 Å². The molecule has 222 valence electrons. The van der Waals surface area contributed by atoms with Crippen LogP contribution in [0.4, 0.5) is 0 Å². The van der Waals surface area contributed by atoms with E-state index in [2.05, 4.69) is 171 Å². The quantitative estimate of drug-likeness (QED) is 0.128. The third kappa shape index (κ3) is 5.59. The predicted octanol–water partition coefficient (Wildman–Crippen LogP) is 13.1. The fourth-order valence-corrected chi connectivity index (χ4v) is 6.80. The molecule has 0 spiro atoms. The minimum atomic E-state index is 0.367. The first-order chi connectivity index (χ1) is 22.6. The summed E-state index contributed by atoms with van der Waals surface area (Å²) in [4.78, 5) is 0. The van der Waals surface area contributed by atoms with Gasteiger partial charge in [0.15, 0.2) is 0 Å². The summed E-state index contributed by atoms with van der Waals surface area (Å²) in [6.45, 7) is 8.37. The molecule has 0 N–H and O–H groups in total. The van der Waals surface area contributed by atoms with Crippen molar-refractivity contribution in [3.05, 3.63) is 187 Å². The smallest absolute Gasteiger partial charge is 0.00561 e. The molecule has 0 saturated carbocycles. The van der Waals surface area contributed by atoms with Crippen molar-refractivity contribution in [2.24, 2.45) is 0 Å². The van der Waals surface area contributed by atoms with Crippen molar-refractivity contribution < 1.29 is 0 Å². The second-order valence-electron chi connectivity index (χ2n) is 12.1. The van der Waals surface area contributed by atoms with Crippen LogP contribution < -0.4 is 0 Å². The first-order valence-electron chi connectivity index (χ1n) is 16.2. The van der Waals surface area contributed by atoms with Crippen molar-refractivity contribution in [2.75, 3.05) is 0 Å². The minimum absolute atomic E-state index is 0.367. The second-order valence-corrected chi connectivity index (χ2v) is 12.1. The molecule has 0 bridgehead atoms. The van der Waals surface area contributed by atoms with Gasteiger partial charge in [-0.1, -0.05) is 164 Å². The Morgan fingerprint density at radius 1 is 0.652 bits per heavy atom. The van der Waals surface area contributed by atoms with E-state index in [0.717, 1.165) is 17.6 Å². The van der Waals surface area contributed by atoms with E-state index >= 15 is 0 Å². The largest absolute Gasteiger partial charge is 0.0984 e. The molecule has 1 atom stereocenters. The zero-order valence-corrected chi connectivity index (χ0v) is 26.6. The Hall–Kier alpha value is -5.46. The van der Waals surface area contributed by atoms with Crippen LogP contribution in [0, 0.1) is 0 Å². The Morgan fingerprint density at radius 2 is 1.24 bits per heavy atom. The molecule has 1 unspecified atom stereocenters. The summed E-state index contributed by atoms with van der Waals surface area (Å²) in [5.74, 6) is 0.367. The predicted molar refractivity (Wildman–Crippen MR) is 201 cm³/mol. The summed E-state index contributed by atoms with van der Waals surface area (Å²) in [5.41, 5.74) is 12.4. The average molecular weight is 591 g/mol. The molecule has 0 aliphatic heterocycles. The minimum Gasteiger partial charge on any atom is -0.0984 e. The Balaban J connectivity index is 1.55. The van der Waals surface area contributed by atoms with Gasteiger partial charge in [0.1, 0.15) is 0 Å². The van der Waals surface area contributed by atoms with Crippen LogP contribution in [0.5, 0.6) is 0 Å². The Bertz CT molecular complexity index is 2170. The van der Waals surface area contributed by atoms with E-state index in [1.807, 2.05) is 13.0 Å². The van der Waals surface area contributed by atoms with Crippen molar-refractivity contribution in [2.45, 2.75) is 26.2 Å². The molecule has 0 radical (unpaired) electrons. The van der Waals surface area contributed by atoms with E-state index in [4.69, 9.17) is 0 Å². The maximum absolute atomic E-state index is 4.15. The summed E-state index contributed by atoms with van der Waals surface area (Å²) in [6, 6.07) is 44.7. The number of rotatable bonds is 7. The Kier molecular flexibility index (Phi) is 8.19. The molecule has 7 rings (SSSR count). The van der Waals surface area contributed by atoms with Crippen LogP contribution >= 0.6 is 0 Å². The average Bonchev–Trinajstić information content (AvgIpc) is 3.12. The van der Waals surface area contributed by atoms with Crippen LogP contribution in [0.15, 0.2) is 176 Å². The van der Waals surface area contributed by atoms with Gasteiger partial charge >= 0.3 is 0 Å². The maximum atomic E-state index is 4.15. The zero-order valence-electron chi connectivity index (χ0n) is 26.6. The number of fused-ring (bicyclic) bond motifs is 2. The molecule has 0 saturated heterocycles. The van der Waals surface area contributed by atoms with Gasteiger partial charge in [0.2, 0.25) is 0 Å². The summed E-state index contributed by atoms with van der Waals surface area (Å²) >= 11 is 0. The van der Waals surface area contributed by atoms with Gasteiger partial charge in [-0.15, -0.1) is 0 Å². The van der Waals surface area contributed by atoms with E-state index in [9.17, 15) is 0 Å². The van der Waals surface area contributed by atoms with Gasteiger partial charge in [0.05, 0.1) is 0 Å². The molecule has 0 nitrogen and oxygen atoms in total. The van der Waals surface area contributed by atoms with Gasteiger partial charge in [-0.3, -0.25) is 0 Å². The molecule has 0 heterocycles. The lowest BCUT2D eigenvalue weighted by atomic mass is 9.82. The molecule has 0 heteroatoms. The number of allylic oxidation sites excluding steroid dienone is 9. The fraction of sp³-hybridized carbons (Fsp3) is 0.0870. The van der Waals surface area contributed by atoms with E-state index < -0.39 is 0 Å². The number of hydrogen-bond acceptors (Lipinski definition) is 0. The van der Waals surface area contributed by atoms with Crippen molar-refractivity contribution in [1.29, 1.82) is 0 Å². The van der Waals surface area contributed by atoms with Gasteiger partial charge in [-0.25, -0.2) is 0 Å². The lowest BCUT2D eigenvalue weighted by molar-refractivity contribution is 0.847. The van der Waals surface area contributed by atoms with E-state index in [1.54, 1.807) is 0 Å². The van der Waals surface area contributed by atoms with Crippen molar-refractivity contribution in [1.82, 2.24) is 0 Å². The first kappa shape index (κ1) is 29.3. The normalized spacial score (nSPS) is 15.0. The van der Waals surface area contributed by atoms with Crippen molar-refractivity contribution in [3.8, 4) is 33.4 Å². The summed E-state index contributed by atoms with van der Waals surface area (Å²) in [6.07, 6.45) is 16.2. The molecular formula is C46H38. The van der Waals surface area contributed by atoms with Crippen LogP contribution in [-0.4, -0.2) is 0 Å². The lowest BCUT2D eigenvalue weighted by Crippen LogP contribution is -1.99. The standard InChI is InChI=1S/C46H38/c1-4-6-13-33(5-2)39-26-28-42-43(30-39)45(37-16-11-8-12-17-37)41-29-27-40(36-20-18-32(3)19-21-36)31-44(41)46(42)38-24-22-35(23-25-38)34-14-9-7-10-15-34/h4-20,22-31,36H,2,21H2,1,3H3. The topological polar surface area (TPSA) is 0 Å². The lowest BCUT2D eigenvalue weighted by Gasteiger charge is -2.21. The molecule has 6 aromatic rings. The third-order valence-electron chi connectivity index (χ3n) is 9.22. The highest BCUT2D eigenvalue weighted by atomic mass is 14.2. The van der Waals surface area contributed by atoms with Gasteiger partial charge in [0.25, 0.3) is 0 Å². The van der Waals surface area contributed by atoms with E-state index in [-0.39, 0.29) is 0 Å².